The first-order valence-electron chi connectivity index (χ1n) is 5.91. The van der Waals surface area contributed by atoms with Gasteiger partial charge in [0.25, 0.3) is 0 Å². The maximum Gasteiger partial charge on any atom is 0.325 e. The third-order valence-electron chi connectivity index (χ3n) is 2.52. The van der Waals surface area contributed by atoms with Crippen LogP contribution >= 0.6 is 0 Å². The average molecular weight is 275 g/mol. The highest BCUT2D eigenvalue weighted by atomic mass is 16.4. The summed E-state index contributed by atoms with van der Waals surface area (Å²) in [5.74, 6) is -1.18. The SMILES string of the molecule is CC(NC(=O)Cn1nnc(-c2ccccc2)n1)C(=O)O. The van der Waals surface area contributed by atoms with E-state index >= 15 is 0 Å². The first-order chi connectivity index (χ1) is 9.56. The lowest BCUT2D eigenvalue weighted by molar-refractivity contribution is -0.141. The quantitative estimate of drug-likeness (QED) is 0.790. The van der Waals surface area contributed by atoms with Crippen molar-refractivity contribution in [2.24, 2.45) is 0 Å². The topological polar surface area (TPSA) is 110 Å². The predicted octanol–water partition coefficient (Wildman–Crippen LogP) is -0.0706. The number of hydrogen-bond donors (Lipinski definition) is 2. The number of tetrazole rings is 1. The molecule has 8 nitrogen and oxygen atoms in total. The first kappa shape index (κ1) is 13.7. The van der Waals surface area contributed by atoms with E-state index < -0.39 is 17.9 Å². The molecule has 1 aromatic heterocycles. The first-order valence-corrected chi connectivity index (χ1v) is 5.91. The van der Waals surface area contributed by atoms with Gasteiger partial charge < -0.3 is 10.4 Å². The molecule has 0 aliphatic rings. The molecule has 0 fully saturated rings. The van der Waals surface area contributed by atoms with Crippen molar-refractivity contribution < 1.29 is 14.7 Å². The molecule has 2 rings (SSSR count). The minimum absolute atomic E-state index is 0.183. The molecule has 1 aromatic carbocycles. The molecule has 0 saturated carbocycles. The lowest BCUT2D eigenvalue weighted by Crippen LogP contribution is -2.40. The summed E-state index contributed by atoms with van der Waals surface area (Å²) >= 11 is 0. The fourth-order valence-electron chi connectivity index (χ4n) is 1.49. The smallest absolute Gasteiger partial charge is 0.325 e. The summed E-state index contributed by atoms with van der Waals surface area (Å²) in [6.45, 7) is 1.20. The van der Waals surface area contributed by atoms with Crippen LogP contribution in [0.25, 0.3) is 11.4 Å². The van der Waals surface area contributed by atoms with Gasteiger partial charge in [-0.3, -0.25) is 9.59 Å². The molecule has 1 atom stereocenters. The number of nitrogens with zero attached hydrogens (tertiary/aromatic N) is 4. The monoisotopic (exact) mass is 275 g/mol. The van der Waals surface area contributed by atoms with E-state index in [0.29, 0.717) is 5.82 Å². The minimum Gasteiger partial charge on any atom is -0.480 e. The van der Waals surface area contributed by atoms with Crippen molar-refractivity contribution in [3.63, 3.8) is 0 Å². The van der Waals surface area contributed by atoms with Gasteiger partial charge in [0.15, 0.2) is 0 Å². The molecular weight excluding hydrogens is 262 g/mol. The van der Waals surface area contributed by atoms with Crippen LogP contribution < -0.4 is 5.32 Å². The number of carboxylic acid groups (broad SMARTS) is 1. The number of aliphatic carboxylic acids is 1. The van der Waals surface area contributed by atoms with Gasteiger partial charge in [0.2, 0.25) is 11.7 Å². The van der Waals surface area contributed by atoms with Crippen LogP contribution in [-0.2, 0) is 16.1 Å². The largest absolute Gasteiger partial charge is 0.480 e. The summed E-state index contributed by atoms with van der Waals surface area (Å²) in [5.41, 5.74) is 0.790. The number of carbonyl (C=O) groups excluding carboxylic acids is 1. The van der Waals surface area contributed by atoms with E-state index in [4.69, 9.17) is 5.11 Å². The van der Waals surface area contributed by atoms with Gasteiger partial charge in [-0.15, -0.1) is 10.2 Å². The fourth-order valence-corrected chi connectivity index (χ4v) is 1.49. The maximum atomic E-state index is 11.6. The van der Waals surface area contributed by atoms with Gasteiger partial charge in [-0.05, 0) is 12.1 Å². The van der Waals surface area contributed by atoms with Gasteiger partial charge in [0.1, 0.15) is 12.6 Å². The molecule has 0 bridgehead atoms. The second-order valence-corrected chi connectivity index (χ2v) is 4.14. The molecular formula is C12H13N5O3. The van der Waals surface area contributed by atoms with Crippen LogP contribution in [-0.4, -0.2) is 43.2 Å². The molecule has 104 valence electrons. The molecule has 8 heteroatoms. The van der Waals surface area contributed by atoms with E-state index in [1.165, 1.54) is 6.92 Å². The Balaban J connectivity index is 2.00. The summed E-state index contributed by atoms with van der Waals surface area (Å²) in [5, 5.41) is 22.6. The number of rotatable bonds is 5. The molecule has 0 aliphatic carbocycles. The van der Waals surface area contributed by atoms with Gasteiger partial charge in [0.05, 0.1) is 0 Å². The van der Waals surface area contributed by atoms with Crippen molar-refractivity contribution >= 4 is 11.9 Å². The highest BCUT2D eigenvalue weighted by molar-refractivity contribution is 5.82. The lowest BCUT2D eigenvalue weighted by Gasteiger charge is -2.07. The summed E-state index contributed by atoms with van der Waals surface area (Å²) in [4.78, 5) is 23.3. The second kappa shape index (κ2) is 5.91. The van der Waals surface area contributed by atoms with Crippen LogP contribution in [0.15, 0.2) is 30.3 Å². The highest BCUT2D eigenvalue weighted by Crippen LogP contribution is 2.11. The number of hydrogen-bond acceptors (Lipinski definition) is 5. The summed E-state index contributed by atoms with van der Waals surface area (Å²) in [7, 11) is 0. The van der Waals surface area contributed by atoms with E-state index in [1.54, 1.807) is 0 Å². The molecule has 1 amide bonds. The van der Waals surface area contributed by atoms with Crippen LogP contribution in [0.1, 0.15) is 6.92 Å². The Bertz CT molecular complexity index is 611. The van der Waals surface area contributed by atoms with Crippen LogP contribution in [0, 0.1) is 0 Å². The van der Waals surface area contributed by atoms with Crippen molar-refractivity contribution in [1.82, 2.24) is 25.5 Å². The summed E-state index contributed by atoms with van der Waals surface area (Å²) in [6.07, 6.45) is 0. The number of nitrogens with one attached hydrogen (secondary N) is 1. The Hall–Kier alpha value is -2.77. The average Bonchev–Trinajstić information content (AvgIpc) is 2.88. The van der Waals surface area contributed by atoms with Crippen molar-refractivity contribution in [2.75, 3.05) is 0 Å². The van der Waals surface area contributed by atoms with Crippen LogP contribution in [0.3, 0.4) is 0 Å². The molecule has 2 N–H and O–H groups in total. The normalized spacial score (nSPS) is 11.8. The summed E-state index contributed by atoms with van der Waals surface area (Å²) < 4.78 is 0. The van der Waals surface area contributed by atoms with Gasteiger partial charge in [-0.25, -0.2) is 0 Å². The Morgan fingerprint density at radius 3 is 2.70 bits per heavy atom. The van der Waals surface area contributed by atoms with Crippen molar-refractivity contribution in [2.45, 2.75) is 19.5 Å². The van der Waals surface area contributed by atoms with Gasteiger partial charge in [-0.2, -0.15) is 4.80 Å². The molecule has 2 aromatic rings. The third kappa shape index (κ3) is 3.37. The predicted molar refractivity (Wildman–Crippen MR) is 68.5 cm³/mol. The number of carboxylic acids is 1. The number of aromatic nitrogens is 4. The zero-order chi connectivity index (χ0) is 14.5. The zero-order valence-corrected chi connectivity index (χ0v) is 10.7. The number of benzene rings is 1. The highest BCUT2D eigenvalue weighted by Gasteiger charge is 2.15. The van der Waals surface area contributed by atoms with Crippen molar-refractivity contribution in [1.29, 1.82) is 0 Å². The van der Waals surface area contributed by atoms with E-state index in [1.807, 2.05) is 30.3 Å². The van der Waals surface area contributed by atoms with E-state index in [0.717, 1.165) is 10.4 Å². The molecule has 0 aliphatic heterocycles. The van der Waals surface area contributed by atoms with E-state index in [-0.39, 0.29) is 6.54 Å². The molecule has 1 heterocycles. The standard InChI is InChI=1S/C12H13N5O3/c1-8(12(19)20)13-10(18)7-17-15-11(14-16-17)9-5-3-2-4-6-9/h2-6,8H,7H2,1H3,(H,13,18)(H,19,20). The van der Waals surface area contributed by atoms with Gasteiger partial charge in [0, 0.05) is 5.56 Å². The van der Waals surface area contributed by atoms with E-state index in [9.17, 15) is 9.59 Å². The van der Waals surface area contributed by atoms with E-state index in [2.05, 4.69) is 20.7 Å². The molecule has 0 radical (unpaired) electrons. The summed E-state index contributed by atoms with van der Waals surface area (Å²) in [6, 6.07) is 8.25. The fraction of sp³-hybridized carbons (Fsp3) is 0.250. The van der Waals surface area contributed by atoms with Crippen molar-refractivity contribution in [3.8, 4) is 11.4 Å². The van der Waals surface area contributed by atoms with Crippen LogP contribution in [0.5, 0.6) is 0 Å². The Labute approximate surface area is 114 Å². The molecule has 20 heavy (non-hydrogen) atoms. The van der Waals surface area contributed by atoms with Crippen molar-refractivity contribution in [3.05, 3.63) is 30.3 Å². The van der Waals surface area contributed by atoms with Crippen LogP contribution in [0.4, 0.5) is 0 Å². The maximum absolute atomic E-state index is 11.6. The molecule has 1 unspecified atom stereocenters. The second-order valence-electron chi connectivity index (χ2n) is 4.14. The van der Waals surface area contributed by atoms with Gasteiger partial charge in [-0.1, -0.05) is 30.3 Å². The number of carbonyl (C=O) groups is 2. The number of amides is 1. The van der Waals surface area contributed by atoms with Crippen LogP contribution in [0.2, 0.25) is 0 Å². The zero-order valence-electron chi connectivity index (χ0n) is 10.7. The Morgan fingerprint density at radius 1 is 1.35 bits per heavy atom. The Kier molecular flexibility index (Phi) is 4.04. The lowest BCUT2D eigenvalue weighted by atomic mass is 10.2. The minimum atomic E-state index is -1.10. The Morgan fingerprint density at radius 2 is 2.05 bits per heavy atom. The molecule has 0 spiro atoms. The molecule has 0 saturated heterocycles. The van der Waals surface area contributed by atoms with Gasteiger partial charge >= 0.3 is 5.97 Å². The third-order valence-corrected chi connectivity index (χ3v) is 2.52.